The Labute approximate surface area is 243 Å². The van der Waals surface area contributed by atoms with Crippen LogP contribution < -0.4 is 14.4 Å². The monoisotopic (exact) mass is 577 g/mol. The van der Waals surface area contributed by atoms with Gasteiger partial charge in [0.2, 0.25) is 11.8 Å². The van der Waals surface area contributed by atoms with Crippen LogP contribution in [0.5, 0.6) is 5.75 Å². The molecule has 2 amide bonds. The fourth-order valence-corrected chi connectivity index (χ4v) is 6.56. The predicted octanol–water partition coefficient (Wildman–Crippen LogP) is 5.07. The zero-order valence-electron chi connectivity index (χ0n) is 24.0. The minimum atomic E-state index is -4.13. The average molecular weight is 578 g/mol. The van der Waals surface area contributed by atoms with Gasteiger partial charge in [-0.1, -0.05) is 67.8 Å². The summed E-state index contributed by atoms with van der Waals surface area (Å²) in [7, 11) is -2.63. The highest BCUT2D eigenvalue weighted by atomic mass is 32.2. The summed E-state index contributed by atoms with van der Waals surface area (Å²) in [5.74, 6) is -0.264. The van der Waals surface area contributed by atoms with Crippen molar-refractivity contribution in [1.29, 1.82) is 0 Å². The van der Waals surface area contributed by atoms with Crippen molar-refractivity contribution in [2.24, 2.45) is 0 Å². The van der Waals surface area contributed by atoms with Crippen molar-refractivity contribution in [2.75, 3.05) is 18.0 Å². The van der Waals surface area contributed by atoms with Gasteiger partial charge in [0.25, 0.3) is 10.0 Å². The molecule has 218 valence electrons. The maximum absolute atomic E-state index is 14.1. The zero-order valence-corrected chi connectivity index (χ0v) is 24.8. The minimum Gasteiger partial charge on any atom is -0.497 e. The van der Waals surface area contributed by atoms with Gasteiger partial charge < -0.3 is 15.0 Å². The quantitative estimate of drug-likeness (QED) is 0.344. The smallest absolute Gasteiger partial charge is 0.264 e. The first-order valence-electron chi connectivity index (χ1n) is 14.1. The van der Waals surface area contributed by atoms with Crippen molar-refractivity contribution in [2.45, 2.75) is 69.5 Å². The maximum Gasteiger partial charge on any atom is 0.264 e. The SMILES string of the molecule is COc1cccc(N(CC(=O)N(Cc2ccccc2C)C(C)C(=O)NC2CCCCC2)S(=O)(=O)c2ccccc2)c1. The van der Waals surface area contributed by atoms with Crippen LogP contribution >= 0.6 is 0 Å². The molecule has 41 heavy (non-hydrogen) atoms. The molecule has 1 atom stereocenters. The van der Waals surface area contributed by atoms with E-state index in [0.717, 1.165) is 47.5 Å². The van der Waals surface area contributed by atoms with Crippen molar-refractivity contribution >= 4 is 27.5 Å². The van der Waals surface area contributed by atoms with Gasteiger partial charge in [0, 0.05) is 18.7 Å². The predicted molar refractivity (Wildman–Crippen MR) is 160 cm³/mol. The molecule has 9 heteroatoms. The normalized spacial score (nSPS) is 14.6. The lowest BCUT2D eigenvalue weighted by molar-refractivity contribution is -0.139. The number of rotatable bonds is 11. The number of nitrogens with one attached hydrogen (secondary N) is 1. The molecule has 3 aromatic carbocycles. The van der Waals surface area contributed by atoms with E-state index in [1.807, 2.05) is 31.2 Å². The van der Waals surface area contributed by atoms with Crippen LogP contribution in [-0.4, -0.2) is 50.9 Å². The number of hydrogen-bond donors (Lipinski definition) is 1. The summed E-state index contributed by atoms with van der Waals surface area (Å²) >= 11 is 0. The molecule has 0 heterocycles. The Kier molecular flexibility index (Phi) is 10.0. The fraction of sp³-hybridized carbons (Fsp3) is 0.375. The van der Waals surface area contributed by atoms with Gasteiger partial charge in [-0.3, -0.25) is 13.9 Å². The van der Waals surface area contributed by atoms with Crippen molar-refractivity contribution in [3.8, 4) is 5.75 Å². The number of nitrogens with zero attached hydrogens (tertiary/aromatic N) is 2. The summed E-state index contributed by atoms with van der Waals surface area (Å²) in [6, 6.07) is 21.6. The molecular weight excluding hydrogens is 538 g/mol. The first kappa shape index (κ1) is 30.1. The molecule has 1 aliphatic rings. The summed E-state index contributed by atoms with van der Waals surface area (Å²) in [6.07, 6.45) is 5.14. The molecule has 1 N–H and O–H groups in total. The van der Waals surface area contributed by atoms with E-state index in [1.54, 1.807) is 49.4 Å². The van der Waals surface area contributed by atoms with Gasteiger partial charge in [0.1, 0.15) is 18.3 Å². The van der Waals surface area contributed by atoms with Gasteiger partial charge in [-0.25, -0.2) is 8.42 Å². The molecule has 0 radical (unpaired) electrons. The van der Waals surface area contributed by atoms with Crippen molar-refractivity contribution in [3.05, 3.63) is 90.0 Å². The largest absolute Gasteiger partial charge is 0.497 e. The lowest BCUT2D eigenvalue weighted by atomic mass is 9.95. The van der Waals surface area contributed by atoms with Crippen LogP contribution in [0.25, 0.3) is 0 Å². The topological polar surface area (TPSA) is 96.0 Å². The first-order valence-corrected chi connectivity index (χ1v) is 15.5. The number of anilines is 1. The van der Waals surface area contributed by atoms with E-state index in [4.69, 9.17) is 4.74 Å². The number of hydrogen-bond acceptors (Lipinski definition) is 5. The standard InChI is InChI=1S/C32H39N3O5S/c1-24-13-10-11-14-26(24)22-34(25(2)32(37)33-27-15-6-4-7-16-27)31(36)23-35(28-17-12-18-29(21-28)40-3)41(38,39)30-19-8-5-9-20-30/h5,8-14,17-21,25,27H,4,6-7,15-16,22-23H2,1-3H3,(H,33,37). The minimum absolute atomic E-state index is 0.0594. The highest BCUT2D eigenvalue weighted by Gasteiger charge is 2.33. The molecule has 1 aliphatic carbocycles. The second-order valence-corrected chi connectivity index (χ2v) is 12.4. The third kappa shape index (κ3) is 7.47. The summed E-state index contributed by atoms with van der Waals surface area (Å²) in [4.78, 5) is 29.1. The third-order valence-electron chi connectivity index (χ3n) is 7.67. The van der Waals surface area contributed by atoms with Gasteiger partial charge in [-0.05, 0) is 62.1 Å². The van der Waals surface area contributed by atoms with Gasteiger partial charge in [0.05, 0.1) is 17.7 Å². The van der Waals surface area contributed by atoms with E-state index in [-0.39, 0.29) is 29.1 Å². The van der Waals surface area contributed by atoms with Gasteiger partial charge in [-0.15, -0.1) is 0 Å². The van der Waals surface area contributed by atoms with Crippen LogP contribution in [0.1, 0.15) is 50.2 Å². The Balaban J connectivity index is 1.69. The van der Waals surface area contributed by atoms with Crippen LogP contribution in [0.4, 0.5) is 5.69 Å². The van der Waals surface area contributed by atoms with Gasteiger partial charge in [0.15, 0.2) is 0 Å². The van der Waals surface area contributed by atoms with Gasteiger partial charge >= 0.3 is 0 Å². The number of benzene rings is 3. The Hall–Kier alpha value is -3.85. The fourth-order valence-electron chi connectivity index (χ4n) is 5.14. The van der Waals surface area contributed by atoms with Crippen LogP contribution in [-0.2, 0) is 26.2 Å². The number of methoxy groups -OCH3 is 1. The summed E-state index contributed by atoms with van der Waals surface area (Å²) in [5.41, 5.74) is 2.15. The molecule has 3 aromatic rings. The number of sulfonamides is 1. The number of amides is 2. The molecule has 1 fully saturated rings. The summed E-state index contributed by atoms with van der Waals surface area (Å²) in [5, 5.41) is 3.13. The number of carbonyl (C=O) groups excluding carboxylic acids is 2. The molecule has 0 spiro atoms. The lowest BCUT2D eigenvalue weighted by Crippen LogP contribution is -2.53. The number of carbonyl (C=O) groups is 2. The van der Waals surface area contributed by atoms with Crippen LogP contribution in [0.15, 0.2) is 83.8 Å². The van der Waals surface area contributed by atoms with Crippen LogP contribution in [0, 0.1) is 6.92 Å². The van der Waals surface area contributed by atoms with E-state index in [0.29, 0.717) is 5.75 Å². The second kappa shape index (κ2) is 13.7. The van der Waals surface area contributed by atoms with Crippen LogP contribution in [0.3, 0.4) is 0 Å². The lowest BCUT2D eigenvalue weighted by Gasteiger charge is -2.33. The highest BCUT2D eigenvalue weighted by molar-refractivity contribution is 7.92. The van der Waals surface area contributed by atoms with Crippen LogP contribution in [0.2, 0.25) is 0 Å². The number of ether oxygens (including phenoxy) is 1. The van der Waals surface area contributed by atoms with E-state index in [2.05, 4.69) is 5.32 Å². The Morgan fingerprint density at radius 2 is 1.63 bits per heavy atom. The van der Waals surface area contributed by atoms with E-state index in [1.165, 1.54) is 24.1 Å². The summed E-state index contributed by atoms with van der Waals surface area (Å²) in [6.45, 7) is 3.34. The van der Waals surface area contributed by atoms with Gasteiger partial charge in [-0.2, -0.15) is 0 Å². The average Bonchev–Trinajstić information content (AvgIpc) is 2.99. The van der Waals surface area contributed by atoms with Crippen molar-refractivity contribution < 1.29 is 22.7 Å². The molecule has 4 rings (SSSR count). The zero-order chi connectivity index (χ0) is 29.4. The Morgan fingerprint density at radius 3 is 2.32 bits per heavy atom. The molecule has 8 nitrogen and oxygen atoms in total. The first-order chi connectivity index (χ1) is 19.7. The van der Waals surface area contributed by atoms with E-state index in [9.17, 15) is 18.0 Å². The number of aryl methyl sites for hydroxylation is 1. The molecule has 0 bridgehead atoms. The summed E-state index contributed by atoms with van der Waals surface area (Å²) < 4.78 is 34.2. The molecule has 0 saturated heterocycles. The molecular formula is C32H39N3O5S. The Morgan fingerprint density at radius 1 is 0.951 bits per heavy atom. The molecule has 1 saturated carbocycles. The maximum atomic E-state index is 14.1. The second-order valence-electron chi connectivity index (χ2n) is 10.5. The highest BCUT2D eigenvalue weighted by Crippen LogP contribution is 2.28. The van der Waals surface area contributed by atoms with Crippen molar-refractivity contribution in [3.63, 3.8) is 0 Å². The Bertz CT molecular complexity index is 1440. The molecule has 0 aromatic heterocycles. The van der Waals surface area contributed by atoms with Crippen molar-refractivity contribution in [1.82, 2.24) is 10.2 Å². The molecule has 0 aliphatic heterocycles. The van der Waals surface area contributed by atoms with E-state index < -0.39 is 28.5 Å². The third-order valence-corrected chi connectivity index (χ3v) is 9.46. The molecule has 1 unspecified atom stereocenters. The van der Waals surface area contributed by atoms with E-state index >= 15 is 0 Å².